The van der Waals surface area contributed by atoms with E-state index in [1.807, 2.05) is 31.2 Å². The number of ether oxygens (including phenoxy) is 1. The van der Waals surface area contributed by atoms with Crippen molar-refractivity contribution in [3.05, 3.63) is 65.2 Å². The van der Waals surface area contributed by atoms with Crippen LogP contribution < -0.4 is 5.32 Å². The maximum absolute atomic E-state index is 12.6. The average molecular weight is 392 g/mol. The molecule has 0 radical (unpaired) electrons. The molecular formula is C21H23F3N2O2. The molecule has 1 heterocycles. The Morgan fingerprint density at radius 3 is 2.46 bits per heavy atom. The maximum atomic E-state index is 12.6. The number of anilines is 1. The topological polar surface area (TPSA) is 41.6 Å². The predicted molar refractivity (Wildman–Crippen MR) is 101 cm³/mol. The Morgan fingerprint density at radius 2 is 1.82 bits per heavy atom. The first kappa shape index (κ1) is 20.2. The second-order valence-corrected chi connectivity index (χ2v) is 7.01. The highest BCUT2D eigenvalue weighted by molar-refractivity contribution is 5.89. The average Bonchev–Trinajstić information content (AvgIpc) is 2.68. The van der Waals surface area contributed by atoms with Crippen LogP contribution in [0, 0.1) is 6.92 Å². The number of alkyl halides is 3. The van der Waals surface area contributed by atoms with E-state index < -0.39 is 11.7 Å². The van der Waals surface area contributed by atoms with Crippen molar-refractivity contribution in [2.45, 2.75) is 38.7 Å². The number of hydrogen-bond donors (Lipinski definition) is 1. The first-order valence-corrected chi connectivity index (χ1v) is 9.21. The summed E-state index contributed by atoms with van der Waals surface area (Å²) in [6, 6.07) is 12.4. The quantitative estimate of drug-likeness (QED) is 0.774. The van der Waals surface area contributed by atoms with Crippen LogP contribution in [-0.2, 0) is 17.5 Å². The van der Waals surface area contributed by atoms with Crippen molar-refractivity contribution in [1.29, 1.82) is 0 Å². The van der Waals surface area contributed by atoms with E-state index in [2.05, 4.69) is 5.32 Å². The Balaban J connectivity index is 1.50. The fourth-order valence-electron chi connectivity index (χ4n) is 3.10. The third-order valence-corrected chi connectivity index (χ3v) is 4.74. The monoisotopic (exact) mass is 392 g/mol. The van der Waals surface area contributed by atoms with Crippen molar-refractivity contribution in [2.75, 3.05) is 18.4 Å². The van der Waals surface area contributed by atoms with Gasteiger partial charge in [0, 0.05) is 18.8 Å². The molecule has 150 valence electrons. The normalized spacial score (nSPS) is 17.4. The summed E-state index contributed by atoms with van der Waals surface area (Å²) in [4.78, 5) is 14.2. The highest BCUT2D eigenvalue weighted by Gasteiger charge is 2.30. The van der Waals surface area contributed by atoms with E-state index >= 15 is 0 Å². The van der Waals surface area contributed by atoms with E-state index in [0.29, 0.717) is 18.7 Å². The summed E-state index contributed by atoms with van der Waals surface area (Å²) in [5, 5.41) is 2.88. The molecule has 1 saturated heterocycles. The molecule has 4 nitrogen and oxygen atoms in total. The molecule has 1 fully saturated rings. The fraction of sp³-hybridized carbons (Fsp3) is 0.381. The Bertz CT molecular complexity index is 789. The Labute approximate surface area is 162 Å². The predicted octanol–water partition coefficient (Wildman–Crippen LogP) is 5.23. The number of carbonyl (C=O) groups excluding carboxylic acids is 1. The standard InChI is InChI=1S/C21H23F3N2O2/c1-15-4-10-18(11-5-15)25-20(27)26-12-2-3-19(13-26)28-14-16-6-8-17(9-7-16)21(22,23)24/h4-11,19H,2-3,12-14H2,1H3,(H,25,27). The highest BCUT2D eigenvalue weighted by atomic mass is 19.4. The van der Waals surface area contributed by atoms with Crippen molar-refractivity contribution in [3.8, 4) is 0 Å². The van der Waals surface area contributed by atoms with Gasteiger partial charge in [-0.2, -0.15) is 13.2 Å². The molecule has 0 spiro atoms. The van der Waals surface area contributed by atoms with Crippen molar-refractivity contribution >= 4 is 11.7 Å². The number of halogens is 3. The van der Waals surface area contributed by atoms with Crippen molar-refractivity contribution < 1.29 is 22.7 Å². The Hall–Kier alpha value is -2.54. The van der Waals surface area contributed by atoms with Gasteiger partial charge in [-0.3, -0.25) is 0 Å². The fourth-order valence-corrected chi connectivity index (χ4v) is 3.10. The van der Waals surface area contributed by atoms with E-state index in [4.69, 9.17) is 4.74 Å². The number of urea groups is 1. The van der Waals surface area contributed by atoms with Crippen LogP contribution in [0.3, 0.4) is 0 Å². The number of aryl methyl sites for hydroxylation is 1. The number of likely N-dealkylation sites (tertiary alicyclic amines) is 1. The summed E-state index contributed by atoms with van der Waals surface area (Å²) < 4.78 is 43.7. The summed E-state index contributed by atoms with van der Waals surface area (Å²) in [6.07, 6.45) is -2.85. The smallest absolute Gasteiger partial charge is 0.372 e. The van der Waals surface area contributed by atoms with Gasteiger partial charge >= 0.3 is 12.2 Å². The zero-order valence-electron chi connectivity index (χ0n) is 15.6. The first-order chi connectivity index (χ1) is 13.3. The third kappa shape index (κ3) is 5.48. The molecule has 0 bridgehead atoms. The number of hydrogen-bond acceptors (Lipinski definition) is 2. The second kappa shape index (κ2) is 8.65. The van der Waals surface area contributed by atoms with Crippen LogP contribution in [0.4, 0.5) is 23.7 Å². The molecule has 1 aliphatic heterocycles. The van der Waals surface area contributed by atoms with E-state index in [1.165, 1.54) is 12.1 Å². The SMILES string of the molecule is Cc1ccc(NC(=O)N2CCCC(OCc3ccc(C(F)(F)F)cc3)C2)cc1. The van der Waals surface area contributed by atoms with Crippen LogP contribution in [0.25, 0.3) is 0 Å². The molecule has 0 aliphatic carbocycles. The first-order valence-electron chi connectivity index (χ1n) is 9.21. The lowest BCUT2D eigenvalue weighted by Gasteiger charge is -2.32. The van der Waals surface area contributed by atoms with Crippen molar-refractivity contribution in [1.82, 2.24) is 4.90 Å². The minimum absolute atomic E-state index is 0.139. The van der Waals surface area contributed by atoms with Gasteiger partial charge in [0.05, 0.1) is 18.3 Å². The minimum Gasteiger partial charge on any atom is -0.372 e. The van der Waals surface area contributed by atoms with E-state index in [0.717, 1.165) is 36.2 Å². The molecular weight excluding hydrogens is 369 g/mol. The van der Waals surface area contributed by atoms with Crippen LogP contribution >= 0.6 is 0 Å². The molecule has 7 heteroatoms. The van der Waals surface area contributed by atoms with E-state index in [-0.39, 0.29) is 18.7 Å². The number of nitrogens with zero attached hydrogens (tertiary/aromatic N) is 1. The van der Waals surface area contributed by atoms with Gasteiger partial charge in [-0.15, -0.1) is 0 Å². The molecule has 2 aromatic carbocycles. The zero-order chi connectivity index (χ0) is 20.1. The third-order valence-electron chi connectivity index (χ3n) is 4.74. The van der Waals surface area contributed by atoms with Crippen molar-refractivity contribution in [2.24, 2.45) is 0 Å². The minimum atomic E-state index is -4.34. The number of nitrogens with one attached hydrogen (secondary N) is 1. The molecule has 0 aromatic heterocycles. The number of carbonyl (C=O) groups is 1. The van der Waals surface area contributed by atoms with Gasteiger partial charge in [-0.05, 0) is 49.6 Å². The lowest BCUT2D eigenvalue weighted by molar-refractivity contribution is -0.137. The zero-order valence-corrected chi connectivity index (χ0v) is 15.6. The van der Waals surface area contributed by atoms with Gasteiger partial charge in [0.15, 0.2) is 0 Å². The van der Waals surface area contributed by atoms with Crippen LogP contribution in [-0.4, -0.2) is 30.1 Å². The van der Waals surface area contributed by atoms with Crippen LogP contribution in [0.5, 0.6) is 0 Å². The summed E-state index contributed by atoms with van der Waals surface area (Å²) in [5.74, 6) is 0. The number of rotatable bonds is 4. The number of piperidine rings is 1. The molecule has 1 atom stereocenters. The molecule has 28 heavy (non-hydrogen) atoms. The second-order valence-electron chi connectivity index (χ2n) is 7.01. The van der Waals surface area contributed by atoms with Crippen LogP contribution in [0.1, 0.15) is 29.5 Å². The molecule has 3 rings (SSSR count). The van der Waals surface area contributed by atoms with Crippen LogP contribution in [0.15, 0.2) is 48.5 Å². The summed E-state index contributed by atoms with van der Waals surface area (Å²) in [7, 11) is 0. The molecule has 2 aromatic rings. The largest absolute Gasteiger partial charge is 0.416 e. The summed E-state index contributed by atoms with van der Waals surface area (Å²) in [6.45, 7) is 3.31. The lowest BCUT2D eigenvalue weighted by atomic mass is 10.1. The Kier molecular flexibility index (Phi) is 6.24. The lowest BCUT2D eigenvalue weighted by Crippen LogP contribution is -2.45. The van der Waals surface area contributed by atoms with Gasteiger partial charge in [-0.1, -0.05) is 29.8 Å². The van der Waals surface area contributed by atoms with Gasteiger partial charge in [0.2, 0.25) is 0 Å². The van der Waals surface area contributed by atoms with Crippen molar-refractivity contribution in [3.63, 3.8) is 0 Å². The highest BCUT2D eigenvalue weighted by Crippen LogP contribution is 2.29. The van der Waals surface area contributed by atoms with E-state index in [1.54, 1.807) is 4.90 Å². The Morgan fingerprint density at radius 1 is 1.14 bits per heavy atom. The van der Waals surface area contributed by atoms with Gasteiger partial charge in [0.1, 0.15) is 0 Å². The van der Waals surface area contributed by atoms with Gasteiger partial charge in [0.25, 0.3) is 0 Å². The summed E-state index contributed by atoms with van der Waals surface area (Å²) in [5.41, 5.74) is 1.86. The summed E-state index contributed by atoms with van der Waals surface area (Å²) >= 11 is 0. The molecule has 1 aliphatic rings. The maximum Gasteiger partial charge on any atom is 0.416 e. The number of benzene rings is 2. The number of amides is 2. The molecule has 1 N–H and O–H groups in total. The van der Waals surface area contributed by atoms with E-state index in [9.17, 15) is 18.0 Å². The van der Waals surface area contributed by atoms with Crippen LogP contribution in [0.2, 0.25) is 0 Å². The molecule has 1 unspecified atom stereocenters. The van der Waals surface area contributed by atoms with Gasteiger partial charge in [-0.25, -0.2) is 4.79 Å². The van der Waals surface area contributed by atoms with Gasteiger partial charge < -0.3 is 15.0 Å². The molecule has 0 saturated carbocycles. The molecule has 2 amide bonds.